The summed E-state index contributed by atoms with van der Waals surface area (Å²) in [5.74, 6) is -1.29. The summed E-state index contributed by atoms with van der Waals surface area (Å²) in [7, 11) is 0. The smallest absolute Gasteiger partial charge is 0.185 e. The molecule has 5 nitrogen and oxygen atoms in total. The van der Waals surface area contributed by atoms with E-state index < -0.39 is 11.6 Å². The van der Waals surface area contributed by atoms with Crippen LogP contribution in [-0.4, -0.2) is 44.5 Å². The third kappa shape index (κ3) is 5.70. The highest BCUT2D eigenvalue weighted by Crippen LogP contribution is 2.13. The van der Waals surface area contributed by atoms with Gasteiger partial charge in [-0.15, -0.1) is 0 Å². The van der Waals surface area contributed by atoms with Crippen LogP contribution >= 0.6 is 12.2 Å². The largest absolute Gasteiger partial charge is 0.370 e. The topological polar surface area (TPSA) is 49.8 Å². The van der Waals surface area contributed by atoms with Gasteiger partial charge >= 0.3 is 0 Å². The van der Waals surface area contributed by atoms with Crippen LogP contribution in [-0.2, 0) is 4.74 Å². The molecule has 0 unspecified atom stereocenters. The highest BCUT2D eigenvalue weighted by Gasteiger charge is 2.12. The number of anilines is 1. The van der Waals surface area contributed by atoms with Crippen molar-refractivity contribution in [3.05, 3.63) is 29.8 Å². The van der Waals surface area contributed by atoms with Crippen molar-refractivity contribution in [2.75, 3.05) is 44.8 Å². The fraction of sp³-hybridized carbons (Fsp3) is 0.500. The van der Waals surface area contributed by atoms with Crippen molar-refractivity contribution in [1.29, 1.82) is 0 Å². The summed E-state index contributed by atoms with van der Waals surface area (Å²) in [5, 5.41) is 3.42. The van der Waals surface area contributed by atoms with Crippen molar-refractivity contribution in [3.8, 4) is 0 Å². The van der Waals surface area contributed by atoms with Gasteiger partial charge in [0, 0.05) is 19.0 Å². The van der Waals surface area contributed by atoms with E-state index in [4.69, 9.17) is 17.0 Å². The molecular weight excluding hydrogens is 310 g/mol. The standard InChI is InChI=1S/C14H20F2N4OS/c15-11-2-3-13(12(16)10-11)18-19-14(22)17-4-1-5-20-6-8-21-9-7-20/h2-3,10,18H,1,4-9H2,(H2,17,19,22)/p+1. The van der Waals surface area contributed by atoms with Crippen LogP contribution in [0.3, 0.4) is 0 Å². The van der Waals surface area contributed by atoms with Gasteiger partial charge in [-0.2, -0.15) is 0 Å². The molecule has 0 bridgehead atoms. The molecule has 0 aliphatic carbocycles. The molecule has 0 amide bonds. The first-order valence-electron chi connectivity index (χ1n) is 7.31. The molecule has 1 aliphatic rings. The van der Waals surface area contributed by atoms with E-state index in [2.05, 4.69) is 16.2 Å². The number of ether oxygens (including phenoxy) is 1. The number of thiocarbonyl (C=S) groups is 1. The molecule has 122 valence electrons. The SMILES string of the molecule is Fc1ccc(NNC(=S)NCCC[NH+]2CCOCC2)c(F)c1. The molecule has 0 aromatic heterocycles. The van der Waals surface area contributed by atoms with Crippen LogP contribution in [0.1, 0.15) is 6.42 Å². The number of nitrogens with one attached hydrogen (secondary N) is 4. The fourth-order valence-electron chi connectivity index (χ4n) is 2.21. The minimum absolute atomic E-state index is 0.142. The average molecular weight is 331 g/mol. The monoisotopic (exact) mass is 331 g/mol. The van der Waals surface area contributed by atoms with Gasteiger partial charge in [0.25, 0.3) is 0 Å². The average Bonchev–Trinajstić information content (AvgIpc) is 2.52. The van der Waals surface area contributed by atoms with Crippen molar-refractivity contribution in [2.45, 2.75) is 6.42 Å². The predicted molar refractivity (Wildman–Crippen MR) is 84.7 cm³/mol. The molecule has 8 heteroatoms. The molecule has 4 N–H and O–H groups in total. The molecule has 0 spiro atoms. The number of quaternary nitrogens is 1. The Morgan fingerprint density at radius 3 is 2.77 bits per heavy atom. The Kier molecular flexibility index (Phi) is 6.75. The van der Waals surface area contributed by atoms with Gasteiger partial charge in [0.2, 0.25) is 0 Å². The third-order valence-corrected chi connectivity index (χ3v) is 3.68. The van der Waals surface area contributed by atoms with E-state index in [0.717, 1.165) is 51.9 Å². The Labute approximate surface area is 134 Å². The zero-order valence-corrected chi connectivity index (χ0v) is 13.1. The Morgan fingerprint density at radius 1 is 1.27 bits per heavy atom. The Bertz CT molecular complexity index is 498. The van der Waals surface area contributed by atoms with Crippen LogP contribution in [0.15, 0.2) is 18.2 Å². The van der Waals surface area contributed by atoms with Gasteiger partial charge in [-0.05, 0) is 24.4 Å². The molecule has 0 saturated carbocycles. The second kappa shape index (κ2) is 8.82. The van der Waals surface area contributed by atoms with Crippen LogP contribution in [0.25, 0.3) is 0 Å². The fourth-order valence-corrected chi connectivity index (χ4v) is 2.36. The molecule has 2 rings (SSSR count). The molecule has 1 aromatic carbocycles. The molecule has 1 aliphatic heterocycles. The van der Waals surface area contributed by atoms with Crippen LogP contribution < -0.4 is 21.1 Å². The van der Waals surface area contributed by atoms with Crippen molar-refractivity contribution in [1.82, 2.24) is 10.7 Å². The van der Waals surface area contributed by atoms with Gasteiger partial charge in [-0.25, -0.2) is 8.78 Å². The van der Waals surface area contributed by atoms with Crippen molar-refractivity contribution >= 4 is 23.0 Å². The molecule has 1 saturated heterocycles. The van der Waals surface area contributed by atoms with Crippen LogP contribution in [0.4, 0.5) is 14.5 Å². The van der Waals surface area contributed by atoms with E-state index in [1.807, 2.05) is 0 Å². The van der Waals surface area contributed by atoms with E-state index >= 15 is 0 Å². The lowest BCUT2D eigenvalue weighted by molar-refractivity contribution is -0.908. The second-order valence-electron chi connectivity index (χ2n) is 5.10. The summed E-state index contributed by atoms with van der Waals surface area (Å²) in [4.78, 5) is 1.54. The number of halogens is 2. The van der Waals surface area contributed by atoms with Crippen molar-refractivity contribution in [3.63, 3.8) is 0 Å². The lowest BCUT2D eigenvalue weighted by Crippen LogP contribution is -3.14. The lowest BCUT2D eigenvalue weighted by Gasteiger charge is -2.23. The quantitative estimate of drug-likeness (QED) is 0.337. The van der Waals surface area contributed by atoms with Crippen molar-refractivity contribution < 1.29 is 18.4 Å². The maximum Gasteiger partial charge on any atom is 0.185 e. The van der Waals surface area contributed by atoms with E-state index in [-0.39, 0.29) is 5.69 Å². The summed E-state index contributed by atoms with van der Waals surface area (Å²) in [6.45, 7) is 5.57. The number of hydrogen-bond donors (Lipinski definition) is 4. The second-order valence-corrected chi connectivity index (χ2v) is 5.50. The van der Waals surface area contributed by atoms with E-state index in [1.54, 1.807) is 4.90 Å². The first-order valence-corrected chi connectivity index (χ1v) is 7.72. The summed E-state index contributed by atoms with van der Waals surface area (Å²) in [6, 6.07) is 3.29. The first-order chi connectivity index (χ1) is 10.6. The molecule has 22 heavy (non-hydrogen) atoms. The van der Waals surface area contributed by atoms with Gasteiger partial charge in [-0.1, -0.05) is 0 Å². The molecule has 1 aromatic rings. The first kappa shape index (κ1) is 16.9. The van der Waals surface area contributed by atoms with Crippen LogP contribution in [0.2, 0.25) is 0 Å². The Hall–Kier alpha value is -1.51. The van der Waals surface area contributed by atoms with Crippen LogP contribution in [0.5, 0.6) is 0 Å². The maximum absolute atomic E-state index is 13.4. The Balaban J connectivity index is 1.59. The molecule has 1 fully saturated rings. The summed E-state index contributed by atoms with van der Waals surface area (Å²) in [6.07, 6.45) is 0.988. The normalized spacial score (nSPS) is 15.4. The summed E-state index contributed by atoms with van der Waals surface area (Å²) >= 11 is 5.08. The van der Waals surface area contributed by atoms with Crippen LogP contribution in [0, 0.1) is 11.6 Å². The molecule has 0 atom stereocenters. The van der Waals surface area contributed by atoms with E-state index in [0.29, 0.717) is 5.11 Å². The lowest BCUT2D eigenvalue weighted by atomic mass is 10.3. The van der Waals surface area contributed by atoms with Gasteiger partial charge < -0.3 is 15.0 Å². The highest BCUT2D eigenvalue weighted by atomic mass is 32.1. The minimum atomic E-state index is -0.675. The Morgan fingerprint density at radius 2 is 2.05 bits per heavy atom. The van der Waals surface area contributed by atoms with E-state index in [9.17, 15) is 8.78 Å². The third-order valence-electron chi connectivity index (χ3n) is 3.43. The number of hydrazine groups is 1. The van der Waals surface area contributed by atoms with Crippen molar-refractivity contribution in [2.24, 2.45) is 0 Å². The number of hydrogen-bond acceptors (Lipinski definition) is 3. The molecular formula is C14H21F2N4OS+. The van der Waals surface area contributed by atoms with Gasteiger partial charge in [0.05, 0.1) is 25.4 Å². The molecule has 1 heterocycles. The number of rotatable bonds is 6. The predicted octanol–water partition coefficient (Wildman–Crippen LogP) is 0.0610. The van der Waals surface area contributed by atoms with Gasteiger partial charge in [0.15, 0.2) is 10.9 Å². The van der Waals surface area contributed by atoms with Gasteiger partial charge in [-0.3, -0.25) is 10.9 Å². The highest BCUT2D eigenvalue weighted by molar-refractivity contribution is 7.80. The zero-order valence-electron chi connectivity index (χ0n) is 12.3. The minimum Gasteiger partial charge on any atom is -0.370 e. The summed E-state index contributed by atoms with van der Waals surface area (Å²) in [5.41, 5.74) is 5.43. The number of morpholine rings is 1. The summed E-state index contributed by atoms with van der Waals surface area (Å²) < 4.78 is 31.5. The van der Waals surface area contributed by atoms with Gasteiger partial charge in [0.1, 0.15) is 18.9 Å². The zero-order chi connectivity index (χ0) is 15.8. The van der Waals surface area contributed by atoms with E-state index in [1.165, 1.54) is 12.1 Å². The maximum atomic E-state index is 13.4. The molecule has 0 radical (unpaired) electrons. The number of benzene rings is 1.